The predicted octanol–water partition coefficient (Wildman–Crippen LogP) is 2.02. The summed E-state index contributed by atoms with van der Waals surface area (Å²) in [5.74, 6) is 0.926. The van der Waals surface area contributed by atoms with Crippen molar-refractivity contribution < 1.29 is 8.42 Å². The highest BCUT2D eigenvalue weighted by Crippen LogP contribution is 2.31. The molecule has 6 heteroatoms. The van der Waals surface area contributed by atoms with E-state index in [1.165, 1.54) is 18.4 Å². The van der Waals surface area contributed by atoms with Gasteiger partial charge >= 0.3 is 0 Å². The van der Waals surface area contributed by atoms with Gasteiger partial charge in [0, 0.05) is 19.0 Å². The lowest BCUT2D eigenvalue weighted by Crippen LogP contribution is -2.23. The van der Waals surface area contributed by atoms with Gasteiger partial charge in [-0.2, -0.15) is 0 Å². The minimum Gasteiger partial charge on any atom is -0.397 e. The molecular formula is C11H18N2O2S2. The maximum Gasteiger partial charge on any atom is 0.244 e. The molecule has 1 aromatic carbocycles. The summed E-state index contributed by atoms with van der Waals surface area (Å²) in [6, 6.07) is 5.12. The highest BCUT2D eigenvalue weighted by molar-refractivity contribution is 7.99. The molecule has 2 N–H and O–H groups in total. The first-order chi connectivity index (χ1) is 7.91. The Labute approximate surface area is 107 Å². The van der Waals surface area contributed by atoms with E-state index in [0.29, 0.717) is 5.69 Å². The number of thioether (sulfide) groups is 1. The third-order valence-corrected chi connectivity index (χ3v) is 5.40. The Bertz CT molecular complexity index is 484. The molecule has 0 fully saturated rings. The van der Waals surface area contributed by atoms with Crippen LogP contribution < -0.4 is 5.73 Å². The Hall–Kier alpha value is -0.720. The molecule has 0 bridgehead atoms. The lowest BCUT2D eigenvalue weighted by atomic mass is 10.3. The van der Waals surface area contributed by atoms with Gasteiger partial charge in [-0.05, 0) is 24.3 Å². The number of sulfonamides is 1. The standard InChI is InChI=1S/C11H18N2O2S2/c1-4-8-16-9-6-5-7-10(11(9)12)17(14,15)13(2)3/h5-7H,4,8,12H2,1-3H3. The fourth-order valence-corrected chi connectivity index (χ4v) is 3.24. The number of anilines is 1. The molecule has 0 spiro atoms. The van der Waals surface area contributed by atoms with Crippen molar-refractivity contribution in [3.8, 4) is 0 Å². The molecule has 0 amide bonds. The molecule has 0 aliphatic heterocycles. The number of nitrogens with zero attached hydrogens (tertiary/aromatic N) is 1. The molecule has 0 radical (unpaired) electrons. The Kier molecular flexibility index (Phi) is 4.85. The fourth-order valence-electron chi connectivity index (χ4n) is 1.28. The molecule has 0 unspecified atom stereocenters. The zero-order chi connectivity index (χ0) is 13.1. The lowest BCUT2D eigenvalue weighted by molar-refractivity contribution is 0.521. The third-order valence-electron chi connectivity index (χ3n) is 2.25. The van der Waals surface area contributed by atoms with Crippen molar-refractivity contribution in [1.29, 1.82) is 0 Å². The molecule has 0 heterocycles. The molecular weight excluding hydrogens is 256 g/mol. The minimum absolute atomic E-state index is 0.184. The normalized spacial score (nSPS) is 12.0. The van der Waals surface area contributed by atoms with E-state index in [-0.39, 0.29) is 4.90 Å². The first kappa shape index (κ1) is 14.3. The third kappa shape index (κ3) is 3.14. The molecule has 1 aromatic rings. The molecule has 96 valence electrons. The van der Waals surface area contributed by atoms with Crippen molar-refractivity contribution >= 4 is 27.5 Å². The Morgan fingerprint density at radius 2 is 2.00 bits per heavy atom. The predicted molar refractivity (Wildman–Crippen MR) is 72.7 cm³/mol. The van der Waals surface area contributed by atoms with Gasteiger partial charge in [-0.25, -0.2) is 12.7 Å². The fraction of sp³-hybridized carbons (Fsp3) is 0.455. The van der Waals surface area contributed by atoms with E-state index in [4.69, 9.17) is 5.73 Å². The summed E-state index contributed by atoms with van der Waals surface area (Å²) < 4.78 is 25.2. The van der Waals surface area contributed by atoms with E-state index >= 15 is 0 Å². The number of hydrogen-bond acceptors (Lipinski definition) is 4. The summed E-state index contributed by atoms with van der Waals surface area (Å²) in [5.41, 5.74) is 6.27. The summed E-state index contributed by atoms with van der Waals surface area (Å²) in [6.07, 6.45) is 1.02. The molecule has 0 saturated carbocycles. The zero-order valence-corrected chi connectivity index (χ0v) is 11.9. The summed E-state index contributed by atoms with van der Waals surface area (Å²) in [5, 5.41) is 0. The van der Waals surface area contributed by atoms with Crippen LogP contribution >= 0.6 is 11.8 Å². The lowest BCUT2D eigenvalue weighted by Gasteiger charge is -2.15. The molecule has 0 aliphatic carbocycles. The highest BCUT2D eigenvalue weighted by Gasteiger charge is 2.21. The SMILES string of the molecule is CCCSc1cccc(S(=O)(=O)N(C)C)c1N. The average molecular weight is 274 g/mol. The van der Waals surface area contributed by atoms with Gasteiger partial charge in [0.15, 0.2) is 0 Å². The average Bonchev–Trinajstić information content (AvgIpc) is 2.27. The maximum absolute atomic E-state index is 12.0. The molecule has 0 atom stereocenters. The zero-order valence-electron chi connectivity index (χ0n) is 10.3. The molecule has 17 heavy (non-hydrogen) atoms. The number of benzene rings is 1. The van der Waals surface area contributed by atoms with E-state index in [2.05, 4.69) is 6.92 Å². The largest absolute Gasteiger partial charge is 0.397 e. The van der Waals surface area contributed by atoms with Crippen LogP contribution in [0.5, 0.6) is 0 Å². The van der Waals surface area contributed by atoms with Crippen LogP contribution in [0.25, 0.3) is 0 Å². The van der Waals surface area contributed by atoms with Crippen molar-refractivity contribution in [3.63, 3.8) is 0 Å². The monoisotopic (exact) mass is 274 g/mol. The number of para-hydroxylation sites is 1. The molecule has 1 rings (SSSR count). The Morgan fingerprint density at radius 3 is 2.53 bits per heavy atom. The molecule has 0 aliphatic rings. The summed E-state index contributed by atoms with van der Waals surface area (Å²) in [7, 11) is -0.459. The van der Waals surface area contributed by atoms with E-state index in [1.54, 1.807) is 23.9 Å². The summed E-state index contributed by atoms with van der Waals surface area (Å²) in [6.45, 7) is 2.07. The van der Waals surface area contributed by atoms with Crippen LogP contribution in [-0.4, -0.2) is 32.6 Å². The van der Waals surface area contributed by atoms with Gasteiger partial charge in [-0.3, -0.25) is 0 Å². The van der Waals surface area contributed by atoms with Crippen LogP contribution in [0.3, 0.4) is 0 Å². The van der Waals surface area contributed by atoms with Crippen LogP contribution in [-0.2, 0) is 10.0 Å². The second kappa shape index (κ2) is 5.75. The molecule has 0 aromatic heterocycles. The van der Waals surface area contributed by atoms with Crippen molar-refractivity contribution in [2.75, 3.05) is 25.6 Å². The Morgan fingerprint density at radius 1 is 1.35 bits per heavy atom. The van der Waals surface area contributed by atoms with E-state index in [1.807, 2.05) is 6.07 Å². The van der Waals surface area contributed by atoms with E-state index in [9.17, 15) is 8.42 Å². The van der Waals surface area contributed by atoms with Gasteiger partial charge in [0.25, 0.3) is 0 Å². The van der Waals surface area contributed by atoms with Crippen molar-refractivity contribution in [1.82, 2.24) is 4.31 Å². The van der Waals surface area contributed by atoms with Gasteiger partial charge in [0.05, 0.1) is 5.69 Å². The van der Waals surface area contributed by atoms with Crippen LogP contribution in [0.1, 0.15) is 13.3 Å². The van der Waals surface area contributed by atoms with Crippen molar-refractivity contribution in [2.45, 2.75) is 23.1 Å². The molecule has 4 nitrogen and oxygen atoms in total. The maximum atomic E-state index is 12.0. The number of nitrogen functional groups attached to an aromatic ring is 1. The van der Waals surface area contributed by atoms with Crippen LogP contribution in [0.15, 0.2) is 28.0 Å². The van der Waals surface area contributed by atoms with Gasteiger partial charge in [0.2, 0.25) is 10.0 Å². The smallest absolute Gasteiger partial charge is 0.244 e. The second-order valence-corrected chi connectivity index (χ2v) is 7.06. The number of rotatable bonds is 5. The van der Waals surface area contributed by atoms with Crippen LogP contribution in [0, 0.1) is 0 Å². The summed E-state index contributed by atoms with van der Waals surface area (Å²) >= 11 is 1.58. The topological polar surface area (TPSA) is 63.4 Å². The van der Waals surface area contributed by atoms with Gasteiger partial charge in [-0.1, -0.05) is 13.0 Å². The van der Waals surface area contributed by atoms with Gasteiger partial charge in [-0.15, -0.1) is 11.8 Å². The quantitative estimate of drug-likeness (QED) is 0.659. The van der Waals surface area contributed by atoms with Crippen LogP contribution in [0.2, 0.25) is 0 Å². The van der Waals surface area contributed by atoms with E-state index in [0.717, 1.165) is 17.1 Å². The number of nitrogens with two attached hydrogens (primary N) is 1. The van der Waals surface area contributed by atoms with Crippen molar-refractivity contribution in [2.24, 2.45) is 0 Å². The van der Waals surface area contributed by atoms with E-state index < -0.39 is 10.0 Å². The minimum atomic E-state index is -3.46. The first-order valence-corrected chi connectivity index (χ1v) is 7.77. The number of hydrogen-bond donors (Lipinski definition) is 1. The van der Waals surface area contributed by atoms with Gasteiger partial charge in [0.1, 0.15) is 4.90 Å². The van der Waals surface area contributed by atoms with Crippen LogP contribution in [0.4, 0.5) is 5.69 Å². The van der Waals surface area contributed by atoms with Gasteiger partial charge < -0.3 is 5.73 Å². The first-order valence-electron chi connectivity index (χ1n) is 5.35. The second-order valence-electron chi connectivity index (χ2n) is 3.80. The Balaban J connectivity index is 3.19. The summed E-state index contributed by atoms with van der Waals surface area (Å²) in [4.78, 5) is 1.01. The highest BCUT2D eigenvalue weighted by atomic mass is 32.2. The van der Waals surface area contributed by atoms with Crippen molar-refractivity contribution in [3.05, 3.63) is 18.2 Å². The molecule has 0 saturated heterocycles.